The Hall–Kier alpha value is -1.66. The summed E-state index contributed by atoms with van der Waals surface area (Å²) in [5.41, 5.74) is 0. The van der Waals surface area contributed by atoms with Gasteiger partial charge in [0, 0.05) is 6.42 Å². The lowest BCUT2D eigenvalue weighted by molar-refractivity contribution is -0.151. The van der Waals surface area contributed by atoms with Crippen LogP contribution in [0.25, 0.3) is 0 Å². The summed E-state index contributed by atoms with van der Waals surface area (Å²) in [4.78, 5) is 26.1. The number of amides is 1. The fourth-order valence-corrected chi connectivity index (χ4v) is 8.25. The fraction of sp³-hybridized carbons (Fsp3) is 0.889. The lowest BCUT2D eigenvalue weighted by Crippen LogP contribution is -2.46. The maximum Gasteiger partial charge on any atom is 0.306 e. The van der Waals surface area contributed by atoms with Crippen LogP contribution >= 0.6 is 0 Å². The number of esters is 1. The Bertz CT molecular complexity index is 950. The molecule has 6 heteroatoms. The molecular formula is C54H103NO5. The largest absolute Gasteiger partial charge is 0.462 e. The van der Waals surface area contributed by atoms with Gasteiger partial charge < -0.3 is 20.3 Å². The molecule has 60 heavy (non-hydrogen) atoms. The molecule has 0 bridgehead atoms. The Kier molecular flexibility index (Phi) is 47.0. The van der Waals surface area contributed by atoms with E-state index in [1.807, 2.05) is 0 Å². The standard InChI is InChI=1S/C54H103NO5/c1-4-7-10-13-16-19-22-24-25-26-27-28-30-32-35-38-41-44-47-54(59)60-50(45-42-39-36-33-31-29-23-20-17-14-11-8-5-2)48-53(58)55-51(49-56)52(57)46-43-40-37-34-21-18-15-12-9-6-3/h17,20,23,29,50-52,56-57H,4-16,18-19,21-22,24-28,30-49H2,1-3H3,(H,55,58)/b20-17+,29-23+. The quantitative estimate of drug-likeness (QED) is 0.0322. The average molecular weight is 846 g/mol. The number of aliphatic hydroxyl groups is 2. The third kappa shape index (κ3) is 43.0. The molecule has 0 heterocycles. The maximum absolute atomic E-state index is 13.2. The van der Waals surface area contributed by atoms with E-state index in [-0.39, 0.29) is 24.9 Å². The number of allylic oxidation sites excluding steroid dienone is 4. The summed E-state index contributed by atoms with van der Waals surface area (Å²) in [5, 5.41) is 23.7. The summed E-state index contributed by atoms with van der Waals surface area (Å²) < 4.78 is 5.93. The SMILES string of the molecule is CCCCC/C=C/C=C/CCCCCCC(CC(=O)NC(CO)C(O)CCCCCCCCCCCC)OC(=O)CCCCCCCCCCCCCCCCCCCC. The van der Waals surface area contributed by atoms with Gasteiger partial charge in [-0.3, -0.25) is 9.59 Å². The highest BCUT2D eigenvalue weighted by Crippen LogP contribution is 2.18. The van der Waals surface area contributed by atoms with Crippen molar-refractivity contribution in [2.75, 3.05) is 6.61 Å². The van der Waals surface area contributed by atoms with Crippen molar-refractivity contribution in [1.29, 1.82) is 0 Å². The van der Waals surface area contributed by atoms with Crippen LogP contribution in [0, 0.1) is 0 Å². The first-order chi connectivity index (χ1) is 29.5. The molecule has 0 aliphatic carbocycles. The van der Waals surface area contributed by atoms with Crippen LogP contribution in [0.3, 0.4) is 0 Å². The van der Waals surface area contributed by atoms with Crippen molar-refractivity contribution in [2.45, 2.75) is 302 Å². The monoisotopic (exact) mass is 846 g/mol. The molecule has 0 aliphatic heterocycles. The van der Waals surface area contributed by atoms with E-state index in [4.69, 9.17) is 4.74 Å². The lowest BCUT2D eigenvalue weighted by atomic mass is 10.0. The number of nitrogens with one attached hydrogen (secondary N) is 1. The van der Waals surface area contributed by atoms with E-state index in [2.05, 4.69) is 50.4 Å². The van der Waals surface area contributed by atoms with Crippen LogP contribution in [0.15, 0.2) is 24.3 Å². The highest BCUT2D eigenvalue weighted by atomic mass is 16.5. The summed E-state index contributed by atoms with van der Waals surface area (Å²) in [6, 6.07) is -0.702. The van der Waals surface area contributed by atoms with Gasteiger partial charge in [0.2, 0.25) is 5.91 Å². The molecule has 3 unspecified atom stereocenters. The predicted octanol–water partition coefficient (Wildman–Crippen LogP) is 15.9. The molecule has 0 aromatic heterocycles. The minimum atomic E-state index is -0.788. The number of hydrogen-bond acceptors (Lipinski definition) is 5. The van der Waals surface area contributed by atoms with Crippen LogP contribution in [-0.2, 0) is 14.3 Å². The van der Waals surface area contributed by atoms with Gasteiger partial charge in [-0.2, -0.15) is 0 Å². The molecule has 0 aromatic carbocycles. The molecule has 0 aromatic rings. The van der Waals surface area contributed by atoms with E-state index >= 15 is 0 Å². The first-order valence-corrected chi connectivity index (χ1v) is 26.6. The molecule has 0 saturated heterocycles. The summed E-state index contributed by atoms with van der Waals surface area (Å²) in [6.45, 7) is 6.46. The second kappa shape index (κ2) is 48.4. The first-order valence-electron chi connectivity index (χ1n) is 26.6. The molecule has 1 amide bonds. The third-order valence-electron chi connectivity index (χ3n) is 12.3. The van der Waals surface area contributed by atoms with E-state index < -0.39 is 18.2 Å². The van der Waals surface area contributed by atoms with E-state index in [0.29, 0.717) is 19.3 Å². The average Bonchev–Trinajstić information content (AvgIpc) is 3.24. The van der Waals surface area contributed by atoms with Crippen molar-refractivity contribution in [1.82, 2.24) is 5.32 Å². The smallest absolute Gasteiger partial charge is 0.306 e. The zero-order valence-electron chi connectivity index (χ0n) is 40.4. The number of rotatable bonds is 48. The van der Waals surface area contributed by atoms with E-state index in [9.17, 15) is 19.8 Å². The summed E-state index contributed by atoms with van der Waals surface area (Å²) in [6.07, 6.45) is 55.3. The number of unbranched alkanes of at least 4 members (excludes halogenated alkanes) is 33. The molecule has 0 rings (SSSR count). The molecule has 3 atom stereocenters. The van der Waals surface area contributed by atoms with E-state index in [1.54, 1.807) is 0 Å². The van der Waals surface area contributed by atoms with Gasteiger partial charge in [-0.05, 0) is 51.4 Å². The maximum atomic E-state index is 13.2. The Morgan fingerprint density at radius 2 is 0.833 bits per heavy atom. The molecule has 354 valence electrons. The van der Waals surface area contributed by atoms with Gasteiger partial charge in [0.05, 0.1) is 25.2 Å². The molecule has 6 nitrogen and oxygen atoms in total. The number of carbonyl (C=O) groups is 2. The molecule has 0 spiro atoms. The van der Waals surface area contributed by atoms with Gasteiger partial charge in [0.25, 0.3) is 0 Å². The zero-order valence-corrected chi connectivity index (χ0v) is 40.4. The van der Waals surface area contributed by atoms with Gasteiger partial charge >= 0.3 is 5.97 Å². The number of hydrogen-bond donors (Lipinski definition) is 3. The topological polar surface area (TPSA) is 95.9 Å². The van der Waals surface area contributed by atoms with Crippen LogP contribution in [0.2, 0.25) is 0 Å². The lowest BCUT2D eigenvalue weighted by Gasteiger charge is -2.24. The van der Waals surface area contributed by atoms with Gasteiger partial charge in [-0.25, -0.2) is 0 Å². The van der Waals surface area contributed by atoms with E-state index in [0.717, 1.165) is 77.0 Å². The van der Waals surface area contributed by atoms with Gasteiger partial charge in [-0.15, -0.1) is 0 Å². The zero-order chi connectivity index (χ0) is 43.8. The second-order valence-electron chi connectivity index (χ2n) is 18.3. The van der Waals surface area contributed by atoms with Crippen molar-refractivity contribution in [3.05, 3.63) is 24.3 Å². The Labute approximate surface area is 373 Å². The minimum absolute atomic E-state index is 0.0691. The van der Waals surface area contributed by atoms with Crippen LogP contribution in [0.5, 0.6) is 0 Å². The second-order valence-corrected chi connectivity index (χ2v) is 18.3. The number of carbonyl (C=O) groups excluding carboxylic acids is 2. The minimum Gasteiger partial charge on any atom is -0.462 e. The molecular weight excluding hydrogens is 743 g/mol. The van der Waals surface area contributed by atoms with E-state index in [1.165, 1.54) is 161 Å². The number of aliphatic hydroxyl groups excluding tert-OH is 2. The Morgan fingerprint density at radius 1 is 0.483 bits per heavy atom. The normalized spacial score (nSPS) is 13.3. The van der Waals surface area contributed by atoms with Crippen LogP contribution in [0.1, 0.15) is 284 Å². The number of ether oxygens (including phenoxy) is 1. The van der Waals surface area contributed by atoms with Crippen molar-refractivity contribution in [3.63, 3.8) is 0 Å². The van der Waals surface area contributed by atoms with Gasteiger partial charge in [-0.1, -0.05) is 244 Å². The Balaban J connectivity index is 4.51. The molecule has 0 saturated carbocycles. The summed E-state index contributed by atoms with van der Waals surface area (Å²) in [7, 11) is 0. The molecule has 3 N–H and O–H groups in total. The van der Waals surface area contributed by atoms with Crippen molar-refractivity contribution >= 4 is 11.9 Å². The molecule has 0 aliphatic rings. The van der Waals surface area contributed by atoms with Crippen molar-refractivity contribution in [2.24, 2.45) is 0 Å². The van der Waals surface area contributed by atoms with Crippen LogP contribution in [-0.4, -0.2) is 46.9 Å². The third-order valence-corrected chi connectivity index (χ3v) is 12.3. The fourth-order valence-electron chi connectivity index (χ4n) is 8.25. The molecule has 0 fully saturated rings. The molecule has 0 radical (unpaired) electrons. The van der Waals surface area contributed by atoms with Crippen molar-refractivity contribution in [3.8, 4) is 0 Å². The van der Waals surface area contributed by atoms with Gasteiger partial charge in [0.1, 0.15) is 6.10 Å². The summed E-state index contributed by atoms with van der Waals surface area (Å²) >= 11 is 0. The van der Waals surface area contributed by atoms with Crippen molar-refractivity contribution < 1.29 is 24.5 Å². The van der Waals surface area contributed by atoms with Crippen LogP contribution < -0.4 is 5.32 Å². The Morgan fingerprint density at radius 3 is 1.27 bits per heavy atom. The first kappa shape index (κ1) is 58.3. The highest BCUT2D eigenvalue weighted by molar-refractivity contribution is 5.77. The van der Waals surface area contributed by atoms with Crippen LogP contribution in [0.4, 0.5) is 0 Å². The predicted molar refractivity (Wildman–Crippen MR) is 260 cm³/mol. The highest BCUT2D eigenvalue weighted by Gasteiger charge is 2.24. The summed E-state index contributed by atoms with van der Waals surface area (Å²) in [5.74, 6) is -0.480. The van der Waals surface area contributed by atoms with Gasteiger partial charge in [0.15, 0.2) is 0 Å².